The molecule has 0 saturated heterocycles. The van der Waals surface area contributed by atoms with Gasteiger partial charge in [0.1, 0.15) is 5.75 Å². The molecule has 0 fully saturated rings. The zero-order valence-corrected chi connectivity index (χ0v) is 12.7. The molecular formula is C19H15N3O. The molecule has 2 aromatic carbocycles. The smallest absolute Gasteiger partial charge is 0.153 e. The molecule has 0 atom stereocenters. The maximum Gasteiger partial charge on any atom is 0.153 e. The Bertz CT molecular complexity index is 961. The van der Waals surface area contributed by atoms with Gasteiger partial charge in [-0.15, -0.1) is 0 Å². The molecule has 0 aliphatic rings. The summed E-state index contributed by atoms with van der Waals surface area (Å²) in [6.45, 7) is 0. The fourth-order valence-corrected chi connectivity index (χ4v) is 2.58. The van der Waals surface area contributed by atoms with Gasteiger partial charge in [-0.05, 0) is 23.8 Å². The van der Waals surface area contributed by atoms with E-state index in [1.165, 1.54) is 0 Å². The van der Waals surface area contributed by atoms with Gasteiger partial charge in [-0.25, -0.2) is 0 Å². The Hall–Kier alpha value is -3.14. The molecule has 0 radical (unpaired) electrons. The van der Waals surface area contributed by atoms with E-state index < -0.39 is 0 Å². The van der Waals surface area contributed by atoms with Crippen molar-refractivity contribution in [1.29, 1.82) is 0 Å². The van der Waals surface area contributed by atoms with Crippen LogP contribution in [0.1, 0.15) is 0 Å². The van der Waals surface area contributed by atoms with Crippen LogP contribution in [-0.2, 0) is 7.05 Å². The molecule has 0 aliphatic carbocycles. The number of hydrogen-bond donors (Lipinski definition) is 0. The molecule has 0 spiro atoms. The Morgan fingerprint density at radius 1 is 0.913 bits per heavy atom. The first-order valence-corrected chi connectivity index (χ1v) is 7.39. The summed E-state index contributed by atoms with van der Waals surface area (Å²) in [5.74, 6) is 1.55. The molecule has 4 aromatic rings. The summed E-state index contributed by atoms with van der Waals surface area (Å²) in [5.41, 5.74) is 2.19. The van der Waals surface area contributed by atoms with Crippen LogP contribution in [-0.4, -0.2) is 14.8 Å². The highest BCUT2D eigenvalue weighted by Gasteiger charge is 2.07. The number of aryl methyl sites for hydroxylation is 1. The first kappa shape index (κ1) is 13.5. The van der Waals surface area contributed by atoms with Crippen LogP contribution in [0.3, 0.4) is 0 Å². The van der Waals surface area contributed by atoms with Gasteiger partial charge >= 0.3 is 0 Å². The van der Waals surface area contributed by atoms with Crippen molar-refractivity contribution in [3.05, 3.63) is 73.3 Å². The molecule has 23 heavy (non-hydrogen) atoms. The van der Waals surface area contributed by atoms with Crippen LogP contribution in [0, 0.1) is 0 Å². The summed E-state index contributed by atoms with van der Waals surface area (Å²) in [4.78, 5) is 4.27. The summed E-state index contributed by atoms with van der Waals surface area (Å²) in [5, 5.41) is 6.32. The van der Waals surface area contributed by atoms with Gasteiger partial charge in [0.15, 0.2) is 5.75 Å². The zero-order chi connectivity index (χ0) is 15.6. The van der Waals surface area contributed by atoms with Gasteiger partial charge < -0.3 is 4.74 Å². The van der Waals surface area contributed by atoms with E-state index in [9.17, 15) is 0 Å². The molecule has 2 heterocycles. The van der Waals surface area contributed by atoms with Crippen LogP contribution in [0.5, 0.6) is 11.5 Å². The first-order chi connectivity index (χ1) is 11.3. The summed E-state index contributed by atoms with van der Waals surface area (Å²) in [6, 6.07) is 16.0. The molecule has 0 amide bonds. The molecule has 4 heteroatoms. The number of pyridine rings is 1. The number of benzene rings is 2. The maximum absolute atomic E-state index is 6.00. The Morgan fingerprint density at radius 3 is 2.57 bits per heavy atom. The van der Waals surface area contributed by atoms with Gasteiger partial charge in [-0.2, -0.15) is 5.10 Å². The van der Waals surface area contributed by atoms with Gasteiger partial charge in [-0.3, -0.25) is 9.67 Å². The van der Waals surface area contributed by atoms with Gasteiger partial charge in [-0.1, -0.05) is 30.3 Å². The Kier molecular flexibility index (Phi) is 3.27. The molecule has 0 saturated carbocycles. The Labute approximate surface area is 134 Å². The second-order valence-electron chi connectivity index (χ2n) is 5.39. The number of ether oxygens (including phenoxy) is 1. The maximum atomic E-state index is 6.00. The van der Waals surface area contributed by atoms with E-state index >= 15 is 0 Å². The van der Waals surface area contributed by atoms with Crippen LogP contribution < -0.4 is 4.74 Å². The lowest BCUT2D eigenvalue weighted by atomic mass is 10.0. The molecule has 0 bridgehead atoms. The number of fused-ring (bicyclic) bond motifs is 1. The standard InChI is InChI=1S/C19H15N3O/c1-22-13-16(11-21-22)14-7-8-15-10-20-12-19(18(15)9-14)23-17-5-3-2-4-6-17/h2-13H,1H3. The van der Waals surface area contributed by atoms with Gasteiger partial charge in [0, 0.05) is 35.8 Å². The predicted molar refractivity (Wildman–Crippen MR) is 90.5 cm³/mol. The third kappa shape index (κ3) is 2.66. The Morgan fingerprint density at radius 2 is 1.78 bits per heavy atom. The van der Waals surface area contributed by atoms with E-state index in [4.69, 9.17) is 4.74 Å². The second-order valence-corrected chi connectivity index (χ2v) is 5.39. The minimum absolute atomic E-state index is 0.749. The second kappa shape index (κ2) is 5.57. The third-order valence-electron chi connectivity index (χ3n) is 3.73. The van der Waals surface area contributed by atoms with Crippen molar-refractivity contribution in [1.82, 2.24) is 14.8 Å². The molecule has 0 unspecified atom stereocenters. The summed E-state index contributed by atoms with van der Waals surface area (Å²) < 4.78 is 7.80. The van der Waals surface area contributed by atoms with Crippen LogP contribution >= 0.6 is 0 Å². The average molecular weight is 301 g/mol. The fourth-order valence-electron chi connectivity index (χ4n) is 2.58. The highest BCUT2D eigenvalue weighted by atomic mass is 16.5. The largest absolute Gasteiger partial charge is 0.455 e. The van der Waals surface area contributed by atoms with Crippen molar-refractivity contribution in [2.45, 2.75) is 0 Å². The number of hydrogen-bond acceptors (Lipinski definition) is 3. The van der Waals surface area contributed by atoms with Crippen molar-refractivity contribution < 1.29 is 4.74 Å². The lowest BCUT2D eigenvalue weighted by Gasteiger charge is -2.09. The van der Waals surface area contributed by atoms with E-state index in [0.29, 0.717) is 0 Å². The highest BCUT2D eigenvalue weighted by Crippen LogP contribution is 2.32. The average Bonchev–Trinajstić information content (AvgIpc) is 3.02. The van der Waals surface area contributed by atoms with Crippen LogP contribution in [0.15, 0.2) is 73.3 Å². The molecule has 2 aromatic heterocycles. The quantitative estimate of drug-likeness (QED) is 0.562. The van der Waals surface area contributed by atoms with E-state index in [1.54, 1.807) is 10.9 Å². The van der Waals surface area contributed by atoms with Gasteiger partial charge in [0.25, 0.3) is 0 Å². The van der Waals surface area contributed by atoms with Crippen LogP contribution in [0.4, 0.5) is 0 Å². The molecule has 4 rings (SSSR count). The van der Waals surface area contributed by atoms with Gasteiger partial charge in [0.05, 0.1) is 12.4 Å². The Balaban J connectivity index is 1.81. The number of aromatic nitrogens is 3. The highest BCUT2D eigenvalue weighted by molar-refractivity contribution is 5.91. The number of para-hydroxylation sites is 1. The van der Waals surface area contributed by atoms with E-state index in [-0.39, 0.29) is 0 Å². The van der Waals surface area contributed by atoms with E-state index in [2.05, 4.69) is 28.3 Å². The molecular weight excluding hydrogens is 286 g/mol. The van der Waals surface area contributed by atoms with Crippen molar-refractivity contribution in [2.24, 2.45) is 7.05 Å². The first-order valence-electron chi connectivity index (χ1n) is 7.39. The number of rotatable bonds is 3. The minimum atomic E-state index is 0.749. The monoisotopic (exact) mass is 301 g/mol. The molecule has 0 aliphatic heterocycles. The minimum Gasteiger partial charge on any atom is -0.455 e. The predicted octanol–water partition coefficient (Wildman–Crippen LogP) is 4.43. The van der Waals surface area contributed by atoms with Crippen molar-refractivity contribution in [2.75, 3.05) is 0 Å². The summed E-state index contributed by atoms with van der Waals surface area (Å²) in [6.07, 6.45) is 7.46. The number of nitrogens with zero attached hydrogens (tertiary/aromatic N) is 3. The van der Waals surface area contributed by atoms with E-state index in [1.807, 2.05) is 56.0 Å². The fraction of sp³-hybridized carbons (Fsp3) is 0.0526. The summed E-state index contributed by atoms with van der Waals surface area (Å²) in [7, 11) is 1.92. The van der Waals surface area contributed by atoms with Crippen LogP contribution in [0.25, 0.3) is 21.9 Å². The SMILES string of the molecule is Cn1cc(-c2ccc3cncc(Oc4ccccc4)c3c2)cn1. The van der Waals surface area contributed by atoms with Crippen molar-refractivity contribution in [3.63, 3.8) is 0 Å². The lowest BCUT2D eigenvalue weighted by Crippen LogP contribution is -1.88. The van der Waals surface area contributed by atoms with Crippen molar-refractivity contribution in [3.8, 4) is 22.6 Å². The lowest BCUT2D eigenvalue weighted by molar-refractivity contribution is 0.486. The molecule has 0 N–H and O–H groups in total. The molecule has 4 nitrogen and oxygen atoms in total. The molecule has 112 valence electrons. The van der Waals surface area contributed by atoms with E-state index in [0.717, 1.165) is 33.4 Å². The third-order valence-corrected chi connectivity index (χ3v) is 3.73. The van der Waals surface area contributed by atoms with Gasteiger partial charge in [0.2, 0.25) is 0 Å². The summed E-state index contributed by atoms with van der Waals surface area (Å²) >= 11 is 0. The van der Waals surface area contributed by atoms with Crippen LogP contribution in [0.2, 0.25) is 0 Å². The zero-order valence-electron chi connectivity index (χ0n) is 12.7. The van der Waals surface area contributed by atoms with Crippen molar-refractivity contribution >= 4 is 10.8 Å². The normalized spacial score (nSPS) is 10.8. The topological polar surface area (TPSA) is 39.9 Å².